The third kappa shape index (κ3) is 4.63. The zero-order chi connectivity index (χ0) is 13.6. The molecule has 2 nitrogen and oxygen atoms in total. The maximum atomic E-state index is 11.1. The maximum Gasteiger partial charge on any atom is 0.317 e. The minimum Gasteiger partial charge on any atom is -0.465 e. The van der Waals surface area contributed by atoms with E-state index in [-0.39, 0.29) is 17.8 Å². The number of esters is 1. The zero-order valence-corrected chi connectivity index (χ0v) is 11.5. The summed E-state index contributed by atoms with van der Waals surface area (Å²) in [6.07, 6.45) is 0.146. The molecule has 0 aromatic heterocycles. The van der Waals surface area contributed by atoms with Gasteiger partial charge in [-0.15, -0.1) is 0 Å². The van der Waals surface area contributed by atoms with Crippen LogP contribution in [-0.2, 0) is 14.9 Å². The highest BCUT2D eigenvalue weighted by atomic mass is 16.5. The van der Waals surface area contributed by atoms with Gasteiger partial charge in [-0.2, -0.15) is 0 Å². The van der Waals surface area contributed by atoms with E-state index in [1.807, 2.05) is 12.1 Å². The van der Waals surface area contributed by atoms with Gasteiger partial charge < -0.3 is 4.74 Å². The van der Waals surface area contributed by atoms with Crippen LogP contribution in [0.15, 0.2) is 24.3 Å². The summed E-state index contributed by atoms with van der Waals surface area (Å²) >= 11 is 0. The minimum absolute atomic E-state index is 0.110. The summed E-state index contributed by atoms with van der Waals surface area (Å²) in [6.45, 7) is 8.69. The van der Waals surface area contributed by atoms with Crippen LogP contribution in [0.1, 0.15) is 45.2 Å². The quantitative estimate of drug-likeness (QED) is 0.589. The van der Waals surface area contributed by atoms with E-state index in [1.54, 1.807) is 6.92 Å². The van der Waals surface area contributed by atoms with Crippen LogP contribution >= 0.6 is 0 Å². The number of hydrogen-bond acceptors (Lipinski definition) is 2. The van der Waals surface area contributed by atoms with Gasteiger partial charge in [-0.25, -0.2) is 0 Å². The van der Waals surface area contributed by atoms with Gasteiger partial charge in [-0.3, -0.25) is 4.79 Å². The van der Waals surface area contributed by atoms with Gasteiger partial charge in [0, 0.05) is 5.56 Å². The maximum absolute atomic E-state index is 11.1. The van der Waals surface area contributed by atoms with Crippen LogP contribution in [0.3, 0.4) is 0 Å². The molecule has 0 aliphatic carbocycles. The lowest BCUT2D eigenvalue weighted by Gasteiger charge is -2.18. The molecular formula is C16H20O2. The van der Waals surface area contributed by atoms with Crippen molar-refractivity contribution in [2.75, 3.05) is 6.61 Å². The lowest BCUT2D eigenvalue weighted by molar-refractivity contribution is -0.141. The van der Waals surface area contributed by atoms with Crippen LogP contribution in [0.2, 0.25) is 0 Å². The highest BCUT2D eigenvalue weighted by Crippen LogP contribution is 2.22. The van der Waals surface area contributed by atoms with Gasteiger partial charge in [0.2, 0.25) is 0 Å². The molecule has 1 rings (SSSR count). The van der Waals surface area contributed by atoms with Gasteiger partial charge >= 0.3 is 5.97 Å². The van der Waals surface area contributed by atoms with Gasteiger partial charge in [-0.1, -0.05) is 44.7 Å². The summed E-state index contributed by atoms with van der Waals surface area (Å²) < 4.78 is 4.82. The summed E-state index contributed by atoms with van der Waals surface area (Å²) in [6, 6.07) is 8.11. The molecule has 1 aromatic carbocycles. The minimum atomic E-state index is -0.267. The Balaban J connectivity index is 2.74. The van der Waals surface area contributed by atoms with Crippen LogP contribution in [0, 0.1) is 11.8 Å². The van der Waals surface area contributed by atoms with Gasteiger partial charge in [0.05, 0.1) is 6.61 Å². The standard InChI is InChI=1S/C16H20O2/c1-5-18-15(17)11-7-9-13-8-6-10-14(12-13)16(2,3)4/h6,8,10,12H,5,11H2,1-4H3. The van der Waals surface area contributed by atoms with E-state index in [2.05, 4.69) is 44.7 Å². The SMILES string of the molecule is CCOC(=O)CC#Cc1cccc(C(C)(C)C)c1. The topological polar surface area (TPSA) is 26.3 Å². The van der Waals surface area contributed by atoms with E-state index < -0.39 is 0 Å². The molecule has 0 radical (unpaired) electrons. The number of benzene rings is 1. The second-order valence-corrected chi connectivity index (χ2v) is 5.11. The average Bonchev–Trinajstić information content (AvgIpc) is 2.29. The summed E-state index contributed by atoms with van der Waals surface area (Å²) in [5, 5.41) is 0. The molecule has 1 aromatic rings. The smallest absolute Gasteiger partial charge is 0.317 e. The van der Waals surface area contributed by atoms with E-state index >= 15 is 0 Å². The van der Waals surface area contributed by atoms with Crippen molar-refractivity contribution in [3.8, 4) is 11.8 Å². The predicted molar refractivity (Wildman–Crippen MR) is 73.3 cm³/mol. The average molecular weight is 244 g/mol. The molecule has 18 heavy (non-hydrogen) atoms. The Labute approximate surface area is 109 Å². The number of ether oxygens (including phenoxy) is 1. The molecule has 0 saturated carbocycles. The summed E-state index contributed by atoms with van der Waals surface area (Å²) in [5.41, 5.74) is 2.29. The Bertz CT molecular complexity index is 470. The molecule has 2 heteroatoms. The van der Waals surface area contributed by atoms with Crippen molar-refractivity contribution in [3.05, 3.63) is 35.4 Å². The van der Waals surface area contributed by atoms with Crippen molar-refractivity contribution >= 4 is 5.97 Å². The molecule has 0 fully saturated rings. The molecule has 0 saturated heterocycles. The van der Waals surface area contributed by atoms with Crippen LogP contribution in [0.25, 0.3) is 0 Å². The van der Waals surface area contributed by atoms with Crippen molar-refractivity contribution in [3.63, 3.8) is 0 Å². The lowest BCUT2D eigenvalue weighted by Crippen LogP contribution is -2.10. The fraction of sp³-hybridized carbons (Fsp3) is 0.438. The molecule has 0 aliphatic rings. The van der Waals surface area contributed by atoms with Crippen LogP contribution in [0.5, 0.6) is 0 Å². The third-order valence-corrected chi connectivity index (χ3v) is 2.50. The number of carbonyl (C=O) groups excluding carboxylic acids is 1. The fourth-order valence-corrected chi connectivity index (χ4v) is 1.49. The van der Waals surface area contributed by atoms with Crippen molar-refractivity contribution < 1.29 is 9.53 Å². The molecular weight excluding hydrogens is 224 g/mol. The van der Waals surface area contributed by atoms with Crippen LogP contribution in [-0.4, -0.2) is 12.6 Å². The van der Waals surface area contributed by atoms with Crippen molar-refractivity contribution in [1.29, 1.82) is 0 Å². The van der Waals surface area contributed by atoms with Crippen LogP contribution in [0.4, 0.5) is 0 Å². The first kappa shape index (κ1) is 14.3. The summed E-state index contributed by atoms with van der Waals surface area (Å²) in [4.78, 5) is 11.1. The molecule has 96 valence electrons. The van der Waals surface area contributed by atoms with E-state index in [0.717, 1.165) is 5.56 Å². The molecule has 0 heterocycles. The monoisotopic (exact) mass is 244 g/mol. The Morgan fingerprint density at radius 2 is 2.06 bits per heavy atom. The zero-order valence-electron chi connectivity index (χ0n) is 11.5. The van der Waals surface area contributed by atoms with E-state index in [1.165, 1.54) is 5.56 Å². The van der Waals surface area contributed by atoms with Gasteiger partial charge in [-0.05, 0) is 30.0 Å². The number of hydrogen-bond donors (Lipinski definition) is 0. The Morgan fingerprint density at radius 3 is 2.67 bits per heavy atom. The van der Waals surface area contributed by atoms with Gasteiger partial charge in [0.15, 0.2) is 0 Å². The largest absolute Gasteiger partial charge is 0.465 e. The molecule has 0 spiro atoms. The highest BCUT2D eigenvalue weighted by molar-refractivity contribution is 5.72. The second-order valence-electron chi connectivity index (χ2n) is 5.11. The summed E-state index contributed by atoms with van der Waals surface area (Å²) in [7, 11) is 0. The van der Waals surface area contributed by atoms with Crippen LogP contribution < -0.4 is 0 Å². The highest BCUT2D eigenvalue weighted by Gasteiger charge is 2.12. The first-order valence-electron chi connectivity index (χ1n) is 6.18. The van der Waals surface area contributed by atoms with E-state index in [9.17, 15) is 4.79 Å². The van der Waals surface area contributed by atoms with Crippen molar-refractivity contribution in [2.45, 2.75) is 39.5 Å². The van der Waals surface area contributed by atoms with Gasteiger partial charge in [0.1, 0.15) is 6.42 Å². The molecule has 0 aliphatic heterocycles. The third-order valence-electron chi connectivity index (χ3n) is 2.50. The van der Waals surface area contributed by atoms with Crippen molar-refractivity contribution in [1.82, 2.24) is 0 Å². The molecule has 0 atom stereocenters. The van der Waals surface area contributed by atoms with Crippen molar-refractivity contribution in [2.24, 2.45) is 0 Å². The second kappa shape index (κ2) is 6.26. The first-order valence-corrected chi connectivity index (χ1v) is 6.18. The molecule has 0 unspecified atom stereocenters. The number of carbonyl (C=O) groups is 1. The Hall–Kier alpha value is -1.75. The van der Waals surface area contributed by atoms with E-state index in [0.29, 0.717) is 6.61 Å². The summed E-state index contributed by atoms with van der Waals surface area (Å²) in [5.74, 6) is 5.57. The lowest BCUT2D eigenvalue weighted by atomic mass is 9.86. The molecule has 0 N–H and O–H groups in total. The Kier molecular flexibility index (Phi) is 4.97. The predicted octanol–water partition coefficient (Wildman–Crippen LogP) is 3.29. The normalized spacial score (nSPS) is 10.4. The fourth-order valence-electron chi connectivity index (χ4n) is 1.49. The van der Waals surface area contributed by atoms with E-state index in [4.69, 9.17) is 4.74 Å². The first-order chi connectivity index (χ1) is 8.43. The number of rotatable bonds is 2. The molecule has 0 bridgehead atoms. The van der Waals surface area contributed by atoms with Gasteiger partial charge in [0.25, 0.3) is 0 Å². The Morgan fingerprint density at radius 1 is 1.33 bits per heavy atom. The molecule has 0 amide bonds.